The van der Waals surface area contributed by atoms with Gasteiger partial charge in [-0.1, -0.05) is 31.2 Å². The van der Waals surface area contributed by atoms with Gasteiger partial charge in [0, 0.05) is 18.7 Å². The van der Waals surface area contributed by atoms with Gasteiger partial charge >= 0.3 is 0 Å². The molecular weight excluding hydrogens is 348 g/mol. The van der Waals surface area contributed by atoms with Crippen LogP contribution < -0.4 is 15.4 Å². The highest BCUT2D eigenvalue weighted by Crippen LogP contribution is 2.17. The molecule has 0 spiro atoms. The van der Waals surface area contributed by atoms with Gasteiger partial charge in [-0.15, -0.1) is 12.4 Å². The van der Waals surface area contributed by atoms with Crippen LogP contribution in [0.5, 0.6) is 5.75 Å². The molecule has 2 aromatic rings. The number of benzene rings is 2. The molecule has 0 radical (unpaired) electrons. The third-order valence-corrected chi connectivity index (χ3v) is 4.15. The van der Waals surface area contributed by atoms with Gasteiger partial charge in [0.05, 0.1) is 6.61 Å². The van der Waals surface area contributed by atoms with E-state index in [1.54, 1.807) is 0 Å². The van der Waals surface area contributed by atoms with Gasteiger partial charge in [0.2, 0.25) is 5.91 Å². The lowest BCUT2D eigenvalue weighted by molar-refractivity contribution is -0.116. The first-order valence-corrected chi connectivity index (χ1v) is 8.88. The summed E-state index contributed by atoms with van der Waals surface area (Å²) < 4.78 is 5.73. The first kappa shape index (κ1) is 22.0. The first-order chi connectivity index (χ1) is 12.1. The number of rotatable bonds is 9. The third-order valence-electron chi connectivity index (χ3n) is 4.15. The van der Waals surface area contributed by atoms with Gasteiger partial charge in [0.25, 0.3) is 0 Å². The van der Waals surface area contributed by atoms with Gasteiger partial charge in [-0.2, -0.15) is 0 Å². The molecule has 2 aromatic carbocycles. The summed E-state index contributed by atoms with van der Waals surface area (Å²) in [7, 11) is 0. The number of ether oxygens (including phenoxy) is 1. The predicted molar refractivity (Wildman–Crippen MR) is 110 cm³/mol. The molecule has 0 unspecified atom stereocenters. The number of amides is 1. The summed E-state index contributed by atoms with van der Waals surface area (Å²) in [5.74, 6) is 0.882. The molecular formula is C21H29ClN2O2. The first-order valence-electron chi connectivity index (χ1n) is 8.88. The second-order valence-electron chi connectivity index (χ2n) is 6.18. The molecule has 0 atom stereocenters. The Bertz CT molecular complexity index is 704. The molecule has 0 heterocycles. The van der Waals surface area contributed by atoms with Crippen LogP contribution in [0.2, 0.25) is 0 Å². The largest absolute Gasteiger partial charge is 0.494 e. The quantitative estimate of drug-likeness (QED) is 0.627. The fourth-order valence-electron chi connectivity index (χ4n) is 2.50. The Kier molecular flexibility index (Phi) is 9.78. The minimum atomic E-state index is 0. The van der Waals surface area contributed by atoms with Crippen molar-refractivity contribution in [1.29, 1.82) is 0 Å². The molecule has 1 amide bonds. The topological polar surface area (TPSA) is 50.4 Å². The van der Waals surface area contributed by atoms with Crippen molar-refractivity contribution in [3.05, 3.63) is 59.2 Å². The number of halogens is 1. The van der Waals surface area contributed by atoms with Crippen molar-refractivity contribution in [3.63, 3.8) is 0 Å². The molecule has 0 saturated carbocycles. The molecule has 2 N–H and O–H groups in total. The molecule has 0 bridgehead atoms. The molecule has 0 saturated heterocycles. The highest BCUT2D eigenvalue weighted by atomic mass is 35.5. The molecule has 0 aliphatic rings. The average Bonchev–Trinajstić information content (AvgIpc) is 2.61. The second-order valence-corrected chi connectivity index (χ2v) is 6.18. The fourth-order valence-corrected chi connectivity index (χ4v) is 2.50. The van der Waals surface area contributed by atoms with Crippen LogP contribution in [-0.4, -0.2) is 19.1 Å². The van der Waals surface area contributed by atoms with E-state index in [1.165, 1.54) is 11.1 Å². The van der Waals surface area contributed by atoms with Gasteiger partial charge in [-0.3, -0.25) is 4.79 Å². The van der Waals surface area contributed by atoms with Crippen LogP contribution in [-0.2, 0) is 11.3 Å². The Morgan fingerprint density at radius 3 is 2.58 bits per heavy atom. The summed E-state index contributed by atoms with van der Waals surface area (Å²) in [6, 6.07) is 14.0. The molecule has 26 heavy (non-hydrogen) atoms. The number of anilines is 1. The van der Waals surface area contributed by atoms with Gasteiger partial charge in [-0.05, 0) is 61.7 Å². The Hall–Kier alpha value is -2.04. The fraction of sp³-hybridized carbons (Fsp3) is 0.381. The molecule has 0 aliphatic heterocycles. The number of nitrogens with one attached hydrogen (secondary N) is 2. The van der Waals surface area contributed by atoms with Crippen molar-refractivity contribution in [1.82, 2.24) is 5.32 Å². The smallest absolute Gasteiger partial charge is 0.224 e. The van der Waals surface area contributed by atoms with Gasteiger partial charge < -0.3 is 15.4 Å². The summed E-state index contributed by atoms with van der Waals surface area (Å²) in [6.45, 7) is 8.41. The number of aryl methyl sites for hydroxylation is 2. The molecule has 0 fully saturated rings. The van der Waals surface area contributed by atoms with E-state index in [1.807, 2.05) is 36.4 Å². The van der Waals surface area contributed by atoms with E-state index in [0.717, 1.165) is 30.1 Å². The third kappa shape index (κ3) is 7.06. The van der Waals surface area contributed by atoms with E-state index in [0.29, 0.717) is 19.4 Å². The summed E-state index contributed by atoms with van der Waals surface area (Å²) in [4.78, 5) is 12.2. The van der Waals surface area contributed by atoms with Crippen molar-refractivity contribution in [2.45, 2.75) is 40.2 Å². The summed E-state index contributed by atoms with van der Waals surface area (Å²) in [6.07, 6.45) is 1.13. The SMILES string of the molecule is CCNCc1ccccc1NC(=O)CCCOc1ccc(C)c(C)c1.Cl. The van der Waals surface area contributed by atoms with Crippen molar-refractivity contribution in [2.75, 3.05) is 18.5 Å². The summed E-state index contributed by atoms with van der Waals surface area (Å²) in [5, 5.41) is 6.29. The van der Waals surface area contributed by atoms with Crippen molar-refractivity contribution in [2.24, 2.45) is 0 Å². The molecule has 142 valence electrons. The normalized spacial score (nSPS) is 10.1. The van der Waals surface area contributed by atoms with Crippen LogP contribution in [0.15, 0.2) is 42.5 Å². The number of para-hydroxylation sites is 1. The Labute approximate surface area is 162 Å². The maximum atomic E-state index is 12.2. The lowest BCUT2D eigenvalue weighted by Gasteiger charge is -2.12. The number of hydrogen-bond acceptors (Lipinski definition) is 3. The van der Waals surface area contributed by atoms with Crippen molar-refractivity contribution < 1.29 is 9.53 Å². The van der Waals surface area contributed by atoms with E-state index >= 15 is 0 Å². The number of hydrogen-bond donors (Lipinski definition) is 2. The molecule has 0 aliphatic carbocycles. The minimum Gasteiger partial charge on any atom is -0.494 e. The van der Waals surface area contributed by atoms with E-state index in [4.69, 9.17) is 4.74 Å². The maximum Gasteiger partial charge on any atom is 0.224 e. The Morgan fingerprint density at radius 1 is 1.08 bits per heavy atom. The Morgan fingerprint density at radius 2 is 1.85 bits per heavy atom. The average molecular weight is 377 g/mol. The van der Waals surface area contributed by atoms with Gasteiger partial charge in [-0.25, -0.2) is 0 Å². The van der Waals surface area contributed by atoms with E-state index < -0.39 is 0 Å². The Balaban J connectivity index is 0.00000338. The number of carbonyl (C=O) groups is 1. The van der Waals surface area contributed by atoms with Crippen LogP contribution in [0.1, 0.15) is 36.5 Å². The zero-order chi connectivity index (χ0) is 18.1. The molecule has 4 nitrogen and oxygen atoms in total. The van der Waals surface area contributed by atoms with Crippen LogP contribution in [0.4, 0.5) is 5.69 Å². The lowest BCUT2D eigenvalue weighted by Crippen LogP contribution is -2.17. The van der Waals surface area contributed by atoms with Crippen LogP contribution in [0, 0.1) is 13.8 Å². The maximum absolute atomic E-state index is 12.2. The summed E-state index contributed by atoms with van der Waals surface area (Å²) in [5.41, 5.74) is 4.45. The standard InChI is InChI=1S/C21H28N2O2.ClH/c1-4-22-15-18-8-5-6-9-20(18)23-21(24)10-7-13-25-19-12-11-16(2)17(3)14-19;/h5-6,8-9,11-12,14,22H,4,7,10,13,15H2,1-3H3,(H,23,24);1H. The van der Waals surface area contributed by atoms with E-state index in [2.05, 4.69) is 37.5 Å². The van der Waals surface area contributed by atoms with Gasteiger partial charge in [0.1, 0.15) is 5.75 Å². The van der Waals surface area contributed by atoms with Crippen LogP contribution in [0.25, 0.3) is 0 Å². The monoisotopic (exact) mass is 376 g/mol. The van der Waals surface area contributed by atoms with Crippen LogP contribution >= 0.6 is 12.4 Å². The van der Waals surface area contributed by atoms with E-state index in [-0.39, 0.29) is 18.3 Å². The van der Waals surface area contributed by atoms with Crippen LogP contribution in [0.3, 0.4) is 0 Å². The van der Waals surface area contributed by atoms with Crippen molar-refractivity contribution >= 4 is 24.0 Å². The molecule has 2 rings (SSSR count). The zero-order valence-electron chi connectivity index (χ0n) is 15.8. The second kappa shape index (κ2) is 11.6. The summed E-state index contributed by atoms with van der Waals surface area (Å²) >= 11 is 0. The zero-order valence-corrected chi connectivity index (χ0v) is 16.6. The minimum absolute atomic E-state index is 0. The highest BCUT2D eigenvalue weighted by molar-refractivity contribution is 5.91. The van der Waals surface area contributed by atoms with Crippen molar-refractivity contribution in [3.8, 4) is 5.75 Å². The highest BCUT2D eigenvalue weighted by Gasteiger charge is 2.06. The lowest BCUT2D eigenvalue weighted by atomic mass is 10.1. The van der Waals surface area contributed by atoms with Gasteiger partial charge in [0.15, 0.2) is 0 Å². The molecule has 5 heteroatoms. The number of carbonyl (C=O) groups excluding carboxylic acids is 1. The predicted octanol–water partition coefficient (Wildman–Crippen LogP) is 4.63. The molecule has 0 aromatic heterocycles. The van der Waals surface area contributed by atoms with E-state index in [9.17, 15) is 4.79 Å².